The summed E-state index contributed by atoms with van der Waals surface area (Å²) in [5.41, 5.74) is 0. The van der Waals surface area contributed by atoms with E-state index in [9.17, 15) is 5.26 Å². The zero-order chi connectivity index (χ0) is 7.98. The molecule has 0 bridgehead atoms. The Balaban J connectivity index is 3.64. The molecule has 0 heterocycles. The average molecular weight is 148 g/mol. The highest BCUT2D eigenvalue weighted by Crippen LogP contribution is 1.97. The third-order valence-corrected chi connectivity index (χ3v) is 1.19. The fourth-order valence-corrected chi connectivity index (χ4v) is 0.488. The van der Waals surface area contributed by atoms with Crippen molar-refractivity contribution >= 4 is 5.97 Å². The number of rotatable bonds is 3. The molecular weight excluding hydrogens is 136 g/mol. The van der Waals surface area contributed by atoms with Gasteiger partial charge in [0, 0.05) is 0 Å². The monoisotopic (exact) mass is 148 g/mol. The van der Waals surface area contributed by atoms with Crippen LogP contribution in [0.4, 0.5) is 0 Å². The van der Waals surface area contributed by atoms with E-state index in [0.29, 0.717) is 6.42 Å². The smallest absolute Gasteiger partial charge is 0.499 e. The van der Waals surface area contributed by atoms with E-state index < -0.39 is 6.10 Å². The highest BCUT2D eigenvalue weighted by molar-refractivity contribution is 5.69. The first-order valence-corrected chi connectivity index (χ1v) is 3.12. The Hall–Kier alpha value is -0.770. The molecule has 0 aromatic carbocycles. The molecule has 4 nitrogen and oxygen atoms in total. The van der Waals surface area contributed by atoms with Crippen LogP contribution in [0.5, 0.6) is 0 Å². The van der Waals surface area contributed by atoms with E-state index >= 15 is 0 Å². The van der Waals surface area contributed by atoms with Gasteiger partial charge in [0.15, 0.2) is 7.11 Å². The zero-order valence-electron chi connectivity index (χ0n) is 6.16. The van der Waals surface area contributed by atoms with Gasteiger partial charge < -0.3 is 15.1 Å². The second kappa shape index (κ2) is 5.05. The van der Waals surface area contributed by atoms with Crippen LogP contribution in [0.3, 0.4) is 0 Å². The van der Waals surface area contributed by atoms with Gasteiger partial charge in [-0.2, -0.15) is 0 Å². The maximum Gasteiger partial charge on any atom is 0.499 e. The first kappa shape index (κ1) is 9.23. The minimum Gasteiger partial charge on any atom is -0.588 e. The van der Waals surface area contributed by atoms with Gasteiger partial charge in [0.1, 0.15) is 6.42 Å². The Morgan fingerprint density at radius 1 is 1.80 bits per heavy atom. The molecule has 4 heteroatoms. The van der Waals surface area contributed by atoms with E-state index in [1.807, 2.05) is 6.92 Å². The number of aliphatic hydroxyl groups excluding tert-OH is 1. The van der Waals surface area contributed by atoms with E-state index in [-0.39, 0.29) is 12.4 Å². The molecule has 1 atom stereocenters. The van der Waals surface area contributed by atoms with E-state index in [0.717, 1.165) is 0 Å². The lowest BCUT2D eigenvalue weighted by molar-refractivity contribution is -1.05. The maximum absolute atomic E-state index is 9.74. The SMILES string of the molecule is CCC(O)CC(OC)=[O+][O-]. The fourth-order valence-electron chi connectivity index (χ4n) is 0.488. The van der Waals surface area contributed by atoms with Gasteiger partial charge in [-0.15, -0.1) is 0 Å². The Bertz CT molecular complexity index is 110. The molecular formula is C6H12O4. The molecule has 0 fully saturated rings. The average Bonchev–Trinajstić information content (AvgIpc) is 1.99. The summed E-state index contributed by atoms with van der Waals surface area (Å²) in [5, 5.41) is 18.7. The van der Waals surface area contributed by atoms with Gasteiger partial charge in [-0.05, 0) is 6.42 Å². The van der Waals surface area contributed by atoms with Crippen LogP contribution in [0.2, 0.25) is 0 Å². The van der Waals surface area contributed by atoms with Crippen LogP contribution in [0, 0.1) is 0 Å². The van der Waals surface area contributed by atoms with Crippen LogP contribution < -0.4 is 5.26 Å². The minimum absolute atomic E-state index is 0.0747. The lowest BCUT2D eigenvalue weighted by atomic mass is 10.2. The molecule has 0 aliphatic heterocycles. The molecule has 0 saturated heterocycles. The molecule has 0 radical (unpaired) electrons. The van der Waals surface area contributed by atoms with Crippen molar-refractivity contribution in [2.75, 3.05) is 7.11 Å². The number of aliphatic hydroxyl groups is 1. The van der Waals surface area contributed by atoms with Crippen LogP contribution >= 0.6 is 0 Å². The first-order valence-electron chi connectivity index (χ1n) is 3.12. The predicted molar refractivity (Wildman–Crippen MR) is 32.9 cm³/mol. The Labute approximate surface area is 59.7 Å². The van der Waals surface area contributed by atoms with Crippen LogP contribution in [0.1, 0.15) is 19.8 Å². The van der Waals surface area contributed by atoms with Crippen molar-refractivity contribution in [1.82, 2.24) is 0 Å². The van der Waals surface area contributed by atoms with E-state index in [1.54, 1.807) is 0 Å². The standard InChI is InChI=1S/C6H12O4/c1-3-5(7)4-6(9-2)10-8/h5,7H,3-4H2,1-2H3. The van der Waals surface area contributed by atoms with Crippen molar-refractivity contribution in [3.8, 4) is 0 Å². The predicted octanol–water partition coefficient (Wildman–Crippen LogP) is -0.869. The van der Waals surface area contributed by atoms with Crippen molar-refractivity contribution in [1.29, 1.82) is 0 Å². The molecule has 0 spiro atoms. The van der Waals surface area contributed by atoms with Gasteiger partial charge >= 0.3 is 5.97 Å². The third-order valence-electron chi connectivity index (χ3n) is 1.19. The molecule has 10 heavy (non-hydrogen) atoms. The summed E-state index contributed by atoms with van der Waals surface area (Å²) in [6, 6.07) is 0. The van der Waals surface area contributed by atoms with Crippen molar-refractivity contribution in [3.63, 3.8) is 0 Å². The van der Waals surface area contributed by atoms with Gasteiger partial charge in [0.2, 0.25) is 0 Å². The fraction of sp³-hybridized carbons (Fsp3) is 0.833. The van der Waals surface area contributed by atoms with Crippen LogP contribution in [-0.4, -0.2) is 24.3 Å². The molecule has 0 amide bonds. The van der Waals surface area contributed by atoms with Crippen molar-refractivity contribution in [2.24, 2.45) is 0 Å². The Kier molecular flexibility index (Phi) is 4.66. The molecule has 0 aliphatic rings. The van der Waals surface area contributed by atoms with Crippen LogP contribution in [-0.2, 0) is 9.31 Å². The van der Waals surface area contributed by atoms with Gasteiger partial charge in [-0.3, -0.25) is 4.58 Å². The van der Waals surface area contributed by atoms with Crippen molar-refractivity contribution in [2.45, 2.75) is 25.9 Å². The molecule has 0 aliphatic carbocycles. The summed E-state index contributed by atoms with van der Waals surface area (Å²) in [4.78, 5) is 0. The lowest BCUT2D eigenvalue weighted by Crippen LogP contribution is -2.18. The highest BCUT2D eigenvalue weighted by Gasteiger charge is 2.15. The summed E-state index contributed by atoms with van der Waals surface area (Å²) in [6.07, 6.45) is 0.177. The summed E-state index contributed by atoms with van der Waals surface area (Å²) >= 11 is 0. The first-order chi connectivity index (χ1) is 4.74. The number of esters is 1. The molecule has 0 aromatic rings. The molecule has 0 saturated carbocycles. The number of carbonyl (C=O) groups excluding carboxylic acids is 1. The quantitative estimate of drug-likeness (QED) is 0.245. The number of ether oxygens (including phenoxy) is 1. The van der Waals surface area contributed by atoms with E-state index in [4.69, 9.17) is 5.11 Å². The number of methoxy groups -OCH3 is 1. The van der Waals surface area contributed by atoms with Crippen molar-refractivity contribution in [3.05, 3.63) is 0 Å². The topological polar surface area (TPSA) is 63.8 Å². The molecule has 1 unspecified atom stereocenters. The van der Waals surface area contributed by atoms with Gasteiger partial charge in [-0.1, -0.05) is 6.92 Å². The summed E-state index contributed by atoms with van der Waals surface area (Å²) < 4.78 is 8.05. The second-order valence-corrected chi connectivity index (χ2v) is 1.93. The number of hydrogen-bond donors (Lipinski definition) is 1. The molecule has 0 rings (SSSR count). The van der Waals surface area contributed by atoms with Gasteiger partial charge in [-0.25, -0.2) is 0 Å². The lowest BCUT2D eigenvalue weighted by Gasteiger charge is -2.00. The molecule has 60 valence electrons. The third kappa shape index (κ3) is 3.29. The second-order valence-electron chi connectivity index (χ2n) is 1.93. The largest absolute Gasteiger partial charge is 0.588 e. The number of hydrogen-bond acceptors (Lipinski definition) is 3. The summed E-state index contributed by atoms with van der Waals surface area (Å²) in [6.45, 7) is 1.81. The minimum atomic E-state index is -0.552. The normalized spacial score (nSPS) is 14.9. The summed E-state index contributed by atoms with van der Waals surface area (Å²) in [7, 11) is 1.33. The van der Waals surface area contributed by atoms with Gasteiger partial charge in [0.05, 0.1) is 6.10 Å². The van der Waals surface area contributed by atoms with E-state index in [1.165, 1.54) is 7.11 Å². The van der Waals surface area contributed by atoms with Crippen LogP contribution in [0.15, 0.2) is 0 Å². The zero-order valence-corrected chi connectivity index (χ0v) is 6.16. The van der Waals surface area contributed by atoms with Crippen LogP contribution in [0.25, 0.3) is 0 Å². The summed E-state index contributed by atoms with van der Waals surface area (Å²) in [5.74, 6) is -0.0747. The van der Waals surface area contributed by atoms with E-state index in [2.05, 4.69) is 9.31 Å². The van der Waals surface area contributed by atoms with Crippen molar-refractivity contribution < 1.29 is 19.7 Å². The molecule has 1 N–H and O–H groups in total. The Morgan fingerprint density at radius 3 is 2.70 bits per heavy atom. The Morgan fingerprint density at radius 2 is 2.40 bits per heavy atom. The van der Waals surface area contributed by atoms with Gasteiger partial charge in [0.25, 0.3) is 0 Å². The molecule has 0 aromatic heterocycles. The maximum atomic E-state index is 9.74. The highest BCUT2D eigenvalue weighted by atomic mass is 17.1.